The Hall–Kier alpha value is -1.95. The van der Waals surface area contributed by atoms with Gasteiger partial charge in [-0.1, -0.05) is 12.1 Å². The number of rotatable bonds is 4. The Morgan fingerprint density at radius 2 is 2.00 bits per heavy atom. The van der Waals surface area contributed by atoms with E-state index in [0.717, 1.165) is 12.8 Å². The molecule has 1 aliphatic heterocycles. The molecule has 1 aromatic carbocycles. The van der Waals surface area contributed by atoms with Gasteiger partial charge in [-0.25, -0.2) is 4.39 Å². The van der Waals surface area contributed by atoms with Crippen LogP contribution < -0.4 is 5.32 Å². The lowest BCUT2D eigenvalue weighted by Gasteiger charge is -2.38. The average Bonchev–Trinajstić information content (AvgIpc) is 3.39. The molecule has 0 spiro atoms. The summed E-state index contributed by atoms with van der Waals surface area (Å²) in [5.41, 5.74) is 0.0437. The molecule has 1 aromatic rings. The number of hydrogen-bond acceptors (Lipinski definition) is 3. The number of nitrogens with one attached hydrogen (secondary N) is 1. The summed E-state index contributed by atoms with van der Waals surface area (Å²) < 4.78 is 13.8. The molecular formula is C17H21FN2O3. The molecule has 6 heteroatoms. The second-order valence-corrected chi connectivity index (χ2v) is 6.35. The van der Waals surface area contributed by atoms with Gasteiger partial charge >= 0.3 is 0 Å². The van der Waals surface area contributed by atoms with E-state index in [-0.39, 0.29) is 41.9 Å². The maximum absolute atomic E-state index is 13.8. The molecule has 1 heterocycles. The fourth-order valence-electron chi connectivity index (χ4n) is 3.02. The fourth-order valence-corrected chi connectivity index (χ4v) is 3.02. The van der Waals surface area contributed by atoms with Crippen molar-refractivity contribution >= 4 is 11.8 Å². The van der Waals surface area contributed by atoms with Crippen LogP contribution in [0, 0.1) is 17.7 Å². The maximum Gasteiger partial charge on any atom is 0.256 e. The number of likely N-dealkylation sites (tertiary alicyclic amines) is 1. The predicted octanol–water partition coefficient (Wildman–Crippen LogP) is 1.17. The van der Waals surface area contributed by atoms with Crippen LogP contribution >= 0.6 is 0 Å². The zero-order valence-electron chi connectivity index (χ0n) is 12.9. The van der Waals surface area contributed by atoms with Crippen LogP contribution in [0.25, 0.3) is 0 Å². The second-order valence-electron chi connectivity index (χ2n) is 6.35. The van der Waals surface area contributed by atoms with Gasteiger partial charge < -0.3 is 15.3 Å². The molecule has 23 heavy (non-hydrogen) atoms. The van der Waals surface area contributed by atoms with Crippen molar-refractivity contribution in [3.8, 4) is 0 Å². The van der Waals surface area contributed by atoms with Crippen LogP contribution in [0.3, 0.4) is 0 Å². The van der Waals surface area contributed by atoms with Gasteiger partial charge in [0.05, 0.1) is 11.6 Å². The Kier molecular flexibility index (Phi) is 4.61. The molecule has 2 atom stereocenters. The Morgan fingerprint density at radius 3 is 2.65 bits per heavy atom. The van der Waals surface area contributed by atoms with Crippen molar-refractivity contribution in [2.45, 2.75) is 25.3 Å². The van der Waals surface area contributed by atoms with E-state index in [9.17, 15) is 19.1 Å². The van der Waals surface area contributed by atoms with Crippen molar-refractivity contribution in [1.29, 1.82) is 0 Å². The smallest absolute Gasteiger partial charge is 0.256 e. The number of carbonyl (C=O) groups is 2. The third-order valence-corrected chi connectivity index (χ3v) is 4.66. The van der Waals surface area contributed by atoms with Gasteiger partial charge in [-0.05, 0) is 31.4 Å². The van der Waals surface area contributed by atoms with Crippen molar-refractivity contribution < 1.29 is 19.1 Å². The molecule has 124 valence electrons. The lowest BCUT2D eigenvalue weighted by molar-refractivity contribution is -0.123. The molecule has 2 fully saturated rings. The molecule has 1 saturated heterocycles. The molecule has 1 saturated carbocycles. The summed E-state index contributed by atoms with van der Waals surface area (Å²) in [4.78, 5) is 26.0. The van der Waals surface area contributed by atoms with Crippen molar-refractivity contribution in [2.75, 3.05) is 19.7 Å². The zero-order chi connectivity index (χ0) is 16.4. The van der Waals surface area contributed by atoms with Crippen LogP contribution in [0.2, 0.25) is 0 Å². The van der Waals surface area contributed by atoms with Gasteiger partial charge in [0.15, 0.2) is 0 Å². The standard InChI is InChI=1S/C17H21FN2O3/c18-14-4-2-1-3-13(14)17(23)20-8-7-12(10-21)15(9-20)19-16(22)11-5-6-11/h1-4,11-12,15,21H,5-10H2,(H,19,22)/t12-,15-/m1/s1. The Bertz CT molecular complexity index is 603. The molecule has 3 rings (SSSR count). The number of piperidine rings is 1. The fraction of sp³-hybridized carbons (Fsp3) is 0.529. The summed E-state index contributed by atoms with van der Waals surface area (Å²) >= 11 is 0. The predicted molar refractivity (Wildman–Crippen MR) is 82.2 cm³/mol. The van der Waals surface area contributed by atoms with E-state index in [2.05, 4.69) is 5.32 Å². The van der Waals surface area contributed by atoms with E-state index >= 15 is 0 Å². The van der Waals surface area contributed by atoms with Crippen LogP contribution in [0.15, 0.2) is 24.3 Å². The first kappa shape index (κ1) is 15.9. The number of carbonyl (C=O) groups excluding carboxylic acids is 2. The van der Waals surface area contributed by atoms with Gasteiger partial charge in [-0.15, -0.1) is 0 Å². The zero-order valence-corrected chi connectivity index (χ0v) is 12.9. The van der Waals surface area contributed by atoms with Gasteiger partial charge in [-0.3, -0.25) is 9.59 Å². The van der Waals surface area contributed by atoms with Crippen molar-refractivity contribution in [1.82, 2.24) is 10.2 Å². The van der Waals surface area contributed by atoms with E-state index in [1.54, 1.807) is 17.0 Å². The average molecular weight is 320 g/mol. The number of amides is 2. The monoisotopic (exact) mass is 320 g/mol. The first-order chi connectivity index (χ1) is 11.1. The van der Waals surface area contributed by atoms with Gasteiger partial charge in [0, 0.05) is 31.5 Å². The number of halogens is 1. The van der Waals surface area contributed by atoms with Gasteiger partial charge in [0.1, 0.15) is 5.82 Å². The van der Waals surface area contributed by atoms with E-state index in [0.29, 0.717) is 19.5 Å². The van der Waals surface area contributed by atoms with Crippen molar-refractivity contribution in [3.05, 3.63) is 35.6 Å². The molecule has 2 amide bonds. The normalized spacial score (nSPS) is 24.3. The second kappa shape index (κ2) is 6.66. The first-order valence-electron chi connectivity index (χ1n) is 8.05. The molecule has 0 bridgehead atoms. The van der Waals surface area contributed by atoms with E-state index in [4.69, 9.17) is 0 Å². The highest BCUT2D eigenvalue weighted by Gasteiger charge is 2.36. The van der Waals surface area contributed by atoms with Crippen LogP contribution in [0.4, 0.5) is 4.39 Å². The highest BCUT2D eigenvalue weighted by molar-refractivity contribution is 5.94. The molecular weight excluding hydrogens is 299 g/mol. The Balaban J connectivity index is 1.70. The maximum atomic E-state index is 13.8. The van der Waals surface area contributed by atoms with Crippen molar-refractivity contribution in [3.63, 3.8) is 0 Å². The summed E-state index contributed by atoms with van der Waals surface area (Å²) in [5, 5.41) is 12.4. The van der Waals surface area contributed by atoms with E-state index in [1.165, 1.54) is 12.1 Å². The lowest BCUT2D eigenvalue weighted by Crippen LogP contribution is -2.55. The highest BCUT2D eigenvalue weighted by Crippen LogP contribution is 2.30. The van der Waals surface area contributed by atoms with E-state index in [1.807, 2.05) is 0 Å². The third-order valence-electron chi connectivity index (χ3n) is 4.66. The quantitative estimate of drug-likeness (QED) is 0.875. The highest BCUT2D eigenvalue weighted by atomic mass is 19.1. The molecule has 0 unspecified atom stereocenters. The summed E-state index contributed by atoms with van der Waals surface area (Å²) in [6, 6.07) is 5.62. The number of hydrogen-bond donors (Lipinski definition) is 2. The van der Waals surface area contributed by atoms with Crippen molar-refractivity contribution in [2.24, 2.45) is 11.8 Å². The van der Waals surface area contributed by atoms with Crippen LogP contribution in [0.5, 0.6) is 0 Å². The largest absolute Gasteiger partial charge is 0.396 e. The van der Waals surface area contributed by atoms with Gasteiger partial charge in [-0.2, -0.15) is 0 Å². The number of benzene rings is 1. The Labute approximate surface area is 134 Å². The minimum Gasteiger partial charge on any atom is -0.396 e. The van der Waals surface area contributed by atoms with E-state index < -0.39 is 5.82 Å². The molecule has 2 N–H and O–H groups in total. The minimum atomic E-state index is -0.541. The number of aliphatic hydroxyl groups is 1. The number of nitrogens with zero attached hydrogens (tertiary/aromatic N) is 1. The summed E-state index contributed by atoms with van der Waals surface area (Å²) in [6.07, 6.45) is 2.40. The third kappa shape index (κ3) is 3.52. The van der Waals surface area contributed by atoms with Gasteiger partial charge in [0.2, 0.25) is 5.91 Å². The molecule has 2 aliphatic rings. The summed E-state index contributed by atoms with van der Waals surface area (Å²) in [7, 11) is 0. The SMILES string of the molecule is O=C(N[C@@H]1CN(C(=O)c2ccccc2F)CC[C@@H]1CO)C1CC1. The minimum absolute atomic E-state index is 0.00589. The molecule has 0 radical (unpaired) electrons. The summed E-state index contributed by atoms with van der Waals surface area (Å²) in [6.45, 7) is 0.725. The lowest BCUT2D eigenvalue weighted by atomic mass is 9.91. The summed E-state index contributed by atoms with van der Waals surface area (Å²) in [5.74, 6) is -0.909. The molecule has 0 aromatic heterocycles. The molecule has 1 aliphatic carbocycles. The molecule has 5 nitrogen and oxygen atoms in total. The van der Waals surface area contributed by atoms with Crippen LogP contribution in [-0.2, 0) is 4.79 Å². The first-order valence-corrected chi connectivity index (χ1v) is 8.05. The Morgan fingerprint density at radius 1 is 1.26 bits per heavy atom. The van der Waals surface area contributed by atoms with Crippen LogP contribution in [-0.4, -0.2) is 47.6 Å². The number of aliphatic hydroxyl groups excluding tert-OH is 1. The van der Waals surface area contributed by atoms with Crippen LogP contribution in [0.1, 0.15) is 29.6 Å². The topological polar surface area (TPSA) is 69.6 Å². The van der Waals surface area contributed by atoms with Gasteiger partial charge in [0.25, 0.3) is 5.91 Å².